The fourth-order valence-electron chi connectivity index (χ4n) is 3.56. The molecule has 0 radical (unpaired) electrons. The maximum absolute atomic E-state index is 10.9. The zero-order valence-electron chi connectivity index (χ0n) is 17.3. The van der Waals surface area contributed by atoms with Gasteiger partial charge in [-0.05, 0) is 34.6 Å². The minimum atomic E-state index is -1.68. The van der Waals surface area contributed by atoms with E-state index < -0.39 is 36.9 Å². The fourth-order valence-corrected chi connectivity index (χ4v) is 3.56. The number of nitrogen functional groups attached to an aromatic ring is 1. The van der Waals surface area contributed by atoms with Crippen molar-refractivity contribution in [1.29, 1.82) is 0 Å². The lowest BCUT2D eigenvalue weighted by Crippen LogP contribution is -2.44. The van der Waals surface area contributed by atoms with Gasteiger partial charge in [-0.3, -0.25) is 0 Å². The number of ether oxygens (including phenoxy) is 3. The van der Waals surface area contributed by atoms with Gasteiger partial charge in [-0.15, -0.1) is 0 Å². The molecule has 2 aromatic rings. The SMILES string of the molecule is CC(C)OC(OC(C)C)c1cn(C2OC(CO)[C@@H](O)C2(C)O)c2ncnc(N)c12. The molecule has 10 nitrogen and oxygen atoms in total. The van der Waals surface area contributed by atoms with Crippen molar-refractivity contribution in [2.45, 2.75) is 77.2 Å². The third kappa shape index (κ3) is 3.96. The molecule has 1 aliphatic rings. The summed E-state index contributed by atoms with van der Waals surface area (Å²) in [6, 6.07) is 0. The summed E-state index contributed by atoms with van der Waals surface area (Å²) in [5.74, 6) is 0.227. The van der Waals surface area contributed by atoms with Crippen molar-refractivity contribution in [3.63, 3.8) is 0 Å². The minimum absolute atomic E-state index is 0.130. The molecule has 2 aromatic heterocycles. The summed E-state index contributed by atoms with van der Waals surface area (Å²) in [7, 11) is 0. The average Bonchev–Trinajstić information content (AvgIpc) is 3.11. The van der Waals surface area contributed by atoms with Crippen LogP contribution in [-0.2, 0) is 14.2 Å². The van der Waals surface area contributed by atoms with Gasteiger partial charge in [0.25, 0.3) is 0 Å². The maximum atomic E-state index is 10.9. The van der Waals surface area contributed by atoms with Crippen LogP contribution in [0.5, 0.6) is 0 Å². The zero-order chi connectivity index (χ0) is 21.5. The number of nitrogens with zero attached hydrogens (tertiary/aromatic N) is 3. The molecule has 5 N–H and O–H groups in total. The molecule has 29 heavy (non-hydrogen) atoms. The van der Waals surface area contributed by atoms with Crippen molar-refractivity contribution in [1.82, 2.24) is 14.5 Å². The van der Waals surface area contributed by atoms with Crippen molar-refractivity contribution in [2.24, 2.45) is 0 Å². The molecule has 0 amide bonds. The molecule has 3 unspecified atom stereocenters. The smallest absolute Gasteiger partial charge is 0.186 e. The van der Waals surface area contributed by atoms with E-state index in [1.807, 2.05) is 27.7 Å². The first kappa shape index (κ1) is 21.9. The maximum Gasteiger partial charge on any atom is 0.186 e. The van der Waals surface area contributed by atoms with Gasteiger partial charge in [-0.25, -0.2) is 9.97 Å². The molecule has 4 atom stereocenters. The van der Waals surface area contributed by atoms with Crippen LogP contribution in [0.3, 0.4) is 0 Å². The van der Waals surface area contributed by atoms with Gasteiger partial charge in [0.2, 0.25) is 0 Å². The van der Waals surface area contributed by atoms with Crippen LogP contribution >= 0.6 is 0 Å². The lowest BCUT2D eigenvalue weighted by Gasteiger charge is -2.27. The second kappa shape index (κ2) is 8.13. The summed E-state index contributed by atoms with van der Waals surface area (Å²) in [5, 5.41) is 31.3. The van der Waals surface area contributed by atoms with Gasteiger partial charge in [0.05, 0.1) is 24.2 Å². The third-order valence-corrected chi connectivity index (χ3v) is 4.90. The molecular formula is C19H30N4O6. The summed E-state index contributed by atoms with van der Waals surface area (Å²) >= 11 is 0. The largest absolute Gasteiger partial charge is 0.394 e. The van der Waals surface area contributed by atoms with Crippen molar-refractivity contribution in [3.8, 4) is 0 Å². The van der Waals surface area contributed by atoms with Crippen LogP contribution < -0.4 is 5.73 Å². The quantitative estimate of drug-likeness (QED) is 0.488. The predicted molar refractivity (Wildman–Crippen MR) is 105 cm³/mol. The molecule has 0 aliphatic carbocycles. The summed E-state index contributed by atoms with van der Waals surface area (Å²) in [5.41, 5.74) is 5.45. The van der Waals surface area contributed by atoms with Crippen LogP contribution in [0.4, 0.5) is 5.82 Å². The monoisotopic (exact) mass is 410 g/mol. The van der Waals surface area contributed by atoms with Crippen molar-refractivity contribution >= 4 is 16.9 Å². The molecule has 0 aromatic carbocycles. The Morgan fingerprint density at radius 2 is 1.86 bits per heavy atom. The van der Waals surface area contributed by atoms with E-state index in [0.29, 0.717) is 16.6 Å². The third-order valence-electron chi connectivity index (χ3n) is 4.90. The Morgan fingerprint density at radius 3 is 2.38 bits per heavy atom. The number of anilines is 1. The number of fused-ring (bicyclic) bond motifs is 1. The standard InChI is InChI=1S/C19H30N4O6/c1-9(2)27-17(28-10(3)4)11-6-23(16-13(11)15(20)21-8-22-16)18-19(5,26)14(25)12(7-24)29-18/h6,8-10,12,14,17-18,24-26H,7H2,1-5H3,(H2,20,21,22)/t12?,14-,18?,19?/m1/s1. The van der Waals surface area contributed by atoms with Gasteiger partial charge in [0, 0.05) is 11.8 Å². The zero-order valence-corrected chi connectivity index (χ0v) is 17.3. The second-order valence-electron chi connectivity index (χ2n) is 8.03. The average molecular weight is 410 g/mol. The Morgan fingerprint density at radius 1 is 1.24 bits per heavy atom. The van der Waals surface area contributed by atoms with E-state index in [4.69, 9.17) is 19.9 Å². The first-order valence-electron chi connectivity index (χ1n) is 9.66. The van der Waals surface area contributed by atoms with E-state index in [1.165, 1.54) is 13.3 Å². The van der Waals surface area contributed by atoms with Gasteiger partial charge >= 0.3 is 0 Å². The van der Waals surface area contributed by atoms with Gasteiger partial charge in [0.15, 0.2) is 12.5 Å². The van der Waals surface area contributed by atoms with E-state index in [9.17, 15) is 15.3 Å². The molecular weight excluding hydrogens is 380 g/mol. The second-order valence-corrected chi connectivity index (χ2v) is 8.03. The summed E-state index contributed by atoms with van der Waals surface area (Å²) in [6.07, 6.45) is -1.27. The number of aliphatic hydroxyl groups excluding tert-OH is 2. The number of aromatic nitrogens is 3. The van der Waals surface area contributed by atoms with E-state index in [-0.39, 0.29) is 18.0 Å². The highest BCUT2D eigenvalue weighted by Gasteiger charge is 2.53. The van der Waals surface area contributed by atoms with Gasteiger partial charge in [-0.2, -0.15) is 0 Å². The Bertz CT molecular complexity index is 843. The molecule has 10 heteroatoms. The number of rotatable bonds is 7. The van der Waals surface area contributed by atoms with Crippen LogP contribution in [0.25, 0.3) is 11.0 Å². The molecule has 162 valence electrons. The Labute approximate surface area is 169 Å². The highest BCUT2D eigenvalue weighted by atomic mass is 16.7. The molecule has 3 heterocycles. The number of aliphatic hydroxyl groups is 3. The first-order valence-corrected chi connectivity index (χ1v) is 9.66. The fraction of sp³-hybridized carbons (Fsp3) is 0.684. The molecule has 3 rings (SSSR count). The normalized spacial score (nSPS) is 27.8. The molecule has 0 spiro atoms. The number of hydrogen-bond donors (Lipinski definition) is 4. The molecule has 1 saturated heterocycles. The minimum Gasteiger partial charge on any atom is -0.394 e. The predicted octanol–water partition coefficient (Wildman–Crippen LogP) is 0.864. The highest BCUT2D eigenvalue weighted by Crippen LogP contribution is 2.42. The van der Waals surface area contributed by atoms with E-state index in [1.54, 1.807) is 10.8 Å². The highest BCUT2D eigenvalue weighted by molar-refractivity contribution is 5.90. The summed E-state index contributed by atoms with van der Waals surface area (Å²) in [6.45, 7) is 8.57. The summed E-state index contributed by atoms with van der Waals surface area (Å²) in [4.78, 5) is 8.40. The number of hydrogen-bond acceptors (Lipinski definition) is 9. The van der Waals surface area contributed by atoms with Crippen LogP contribution in [0.15, 0.2) is 12.5 Å². The van der Waals surface area contributed by atoms with E-state index >= 15 is 0 Å². The molecule has 0 saturated carbocycles. The number of nitrogens with two attached hydrogens (primary N) is 1. The van der Waals surface area contributed by atoms with E-state index in [0.717, 1.165) is 0 Å². The molecule has 0 bridgehead atoms. The van der Waals surface area contributed by atoms with Crippen LogP contribution in [-0.4, -0.2) is 66.5 Å². The Kier molecular flexibility index (Phi) is 6.13. The Hall–Kier alpha value is -1.82. The summed E-state index contributed by atoms with van der Waals surface area (Å²) < 4.78 is 19.3. The lowest BCUT2D eigenvalue weighted by molar-refractivity contribution is -0.185. The van der Waals surface area contributed by atoms with E-state index in [2.05, 4.69) is 9.97 Å². The van der Waals surface area contributed by atoms with Crippen LogP contribution in [0, 0.1) is 0 Å². The van der Waals surface area contributed by atoms with Crippen LogP contribution in [0.2, 0.25) is 0 Å². The van der Waals surface area contributed by atoms with Gasteiger partial charge in [0.1, 0.15) is 35.6 Å². The van der Waals surface area contributed by atoms with Gasteiger partial charge < -0.3 is 39.8 Å². The van der Waals surface area contributed by atoms with Gasteiger partial charge in [-0.1, -0.05) is 0 Å². The van der Waals surface area contributed by atoms with Crippen molar-refractivity contribution in [3.05, 3.63) is 18.1 Å². The van der Waals surface area contributed by atoms with Crippen LogP contribution in [0.1, 0.15) is 52.7 Å². The molecule has 1 aliphatic heterocycles. The first-order chi connectivity index (χ1) is 13.6. The molecule has 1 fully saturated rings. The Balaban J connectivity index is 2.17. The van der Waals surface area contributed by atoms with Crippen molar-refractivity contribution in [2.75, 3.05) is 12.3 Å². The lowest BCUT2D eigenvalue weighted by atomic mass is 9.96. The topological polar surface area (TPSA) is 145 Å². The van der Waals surface area contributed by atoms with Crippen molar-refractivity contribution < 1.29 is 29.5 Å².